The number of ether oxygens (including phenoxy) is 2. The van der Waals surface area contributed by atoms with Crippen LogP contribution in [0.1, 0.15) is 0 Å². The van der Waals surface area contributed by atoms with Gasteiger partial charge in [-0.25, -0.2) is 4.98 Å². The summed E-state index contributed by atoms with van der Waals surface area (Å²) in [5.41, 5.74) is 6.31. The van der Waals surface area contributed by atoms with Crippen LogP contribution in [0.15, 0.2) is 18.3 Å². The van der Waals surface area contributed by atoms with Crippen molar-refractivity contribution in [1.82, 2.24) is 9.88 Å². The molecule has 1 aliphatic heterocycles. The highest BCUT2D eigenvalue weighted by molar-refractivity contribution is 5.46. The maximum absolute atomic E-state index is 5.72. The average molecular weight is 223 g/mol. The summed E-state index contributed by atoms with van der Waals surface area (Å²) in [6.45, 7) is 5.07. The molecule has 1 aromatic heterocycles. The van der Waals surface area contributed by atoms with Crippen LogP contribution in [-0.4, -0.2) is 49.3 Å². The topological polar surface area (TPSA) is 60.6 Å². The lowest BCUT2D eigenvalue weighted by Gasteiger charge is -2.26. The molecule has 5 nitrogen and oxygen atoms in total. The molecule has 2 N–H and O–H groups in total. The van der Waals surface area contributed by atoms with Gasteiger partial charge in [0.05, 0.1) is 18.9 Å². The molecule has 0 aliphatic carbocycles. The third-order valence-corrected chi connectivity index (χ3v) is 2.55. The van der Waals surface area contributed by atoms with Crippen molar-refractivity contribution in [1.29, 1.82) is 0 Å². The number of aromatic nitrogens is 1. The van der Waals surface area contributed by atoms with Crippen molar-refractivity contribution >= 4 is 5.69 Å². The zero-order valence-electron chi connectivity index (χ0n) is 9.26. The Labute approximate surface area is 95.2 Å². The third-order valence-electron chi connectivity index (χ3n) is 2.55. The van der Waals surface area contributed by atoms with Gasteiger partial charge in [-0.15, -0.1) is 0 Å². The van der Waals surface area contributed by atoms with Crippen molar-refractivity contribution in [2.24, 2.45) is 0 Å². The smallest absolute Gasteiger partial charge is 0.237 e. The van der Waals surface area contributed by atoms with Gasteiger partial charge in [0.1, 0.15) is 6.61 Å². The largest absolute Gasteiger partial charge is 0.475 e. The molecule has 0 radical (unpaired) electrons. The van der Waals surface area contributed by atoms with Gasteiger partial charge in [0.25, 0.3) is 0 Å². The number of rotatable bonds is 4. The number of hydrogen-bond donors (Lipinski definition) is 1. The Hall–Kier alpha value is -1.33. The molecule has 0 unspecified atom stereocenters. The van der Waals surface area contributed by atoms with Gasteiger partial charge in [-0.05, 0) is 12.1 Å². The summed E-state index contributed by atoms with van der Waals surface area (Å²) in [4.78, 5) is 6.38. The summed E-state index contributed by atoms with van der Waals surface area (Å²) >= 11 is 0. The number of nitrogen functional groups attached to an aromatic ring is 1. The summed E-state index contributed by atoms with van der Waals surface area (Å²) < 4.78 is 10.8. The highest BCUT2D eigenvalue weighted by Crippen LogP contribution is 2.15. The van der Waals surface area contributed by atoms with Crippen LogP contribution >= 0.6 is 0 Å². The fourth-order valence-electron chi connectivity index (χ4n) is 1.62. The Kier molecular flexibility index (Phi) is 3.96. The number of nitrogens with zero attached hydrogens (tertiary/aromatic N) is 2. The highest BCUT2D eigenvalue weighted by atomic mass is 16.5. The molecule has 0 saturated carbocycles. The van der Waals surface area contributed by atoms with Gasteiger partial charge in [0.2, 0.25) is 5.88 Å². The Balaban J connectivity index is 1.73. The molecule has 16 heavy (non-hydrogen) atoms. The first-order valence-electron chi connectivity index (χ1n) is 5.49. The molecule has 1 saturated heterocycles. The lowest BCUT2D eigenvalue weighted by Crippen LogP contribution is -2.38. The van der Waals surface area contributed by atoms with Gasteiger partial charge >= 0.3 is 0 Å². The van der Waals surface area contributed by atoms with Crippen molar-refractivity contribution in [3.8, 4) is 5.88 Å². The first-order valence-corrected chi connectivity index (χ1v) is 5.49. The zero-order chi connectivity index (χ0) is 11.2. The summed E-state index contributed by atoms with van der Waals surface area (Å²) in [6, 6.07) is 3.58. The number of morpholine rings is 1. The average Bonchev–Trinajstić information content (AvgIpc) is 2.33. The fraction of sp³-hybridized carbons (Fsp3) is 0.545. The Morgan fingerprint density at radius 2 is 2.25 bits per heavy atom. The molecule has 0 spiro atoms. The summed E-state index contributed by atoms with van der Waals surface area (Å²) in [5, 5.41) is 0. The van der Waals surface area contributed by atoms with E-state index < -0.39 is 0 Å². The lowest BCUT2D eigenvalue weighted by atomic mass is 10.4. The maximum atomic E-state index is 5.72. The molecule has 1 aromatic rings. The predicted octanol–water partition coefficient (Wildman–Crippen LogP) is 0.375. The Bertz CT molecular complexity index is 327. The van der Waals surface area contributed by atoms with Crippen molar-refractivity contribution < 1.29 is 9.47 Å². The SMILES string of the molecule is Nc1cccnc1OCCN1CCOCC1. The van der Waals surface area contributed by atoms with Crippen LogP contribution in [0.5, 0.6) is 5.88 Å². The summed E-state index contributed by atoms with van der Waals surface area (Å²) in [5.74, 6) is 0.524. The summed E-state index contributed by atoms with van der Waals surface area (Å²) in [6.07, 6.45) is 1.68. The highest BCUT2D eigenvalue weighted by Gasteiger charge is 2.10. The van der Waals surface area contributed by atoms with E-state index in [0.29, 0.717) is 18.2 Å². The van der Waals surface area contributed by atoms with Crippen LogP contribution in [0.25, 0.3) is 0 Å². The minimum Gasteiger partial charge on any atom is -0.475 e. The van der Waals surface area contributed by atoms with Crippen LogP contribution in [-0.2, 0) is 4.74 Å². The minimum absolute atomic E-state index is 0.524. The third kappa shape index (κ3) is 3.08. The molecule has 1 fully saturated rings. The molecule has 5 heteroatoms. The van der Waals surface area contributed by atoms with Crippen LogP contribution in [0.2, 0.25) is 0 Å². The molecular formula is C11H17N3O2. The lowest BCUT2D eigenvalue weighted by molar-refractivity contribution is 0.0320. The monoisotopic (exact) mass is 223 g/mol. The quantitative estimate of drug-likeness (QED) is 0.799. The van der Waals surface area contributed by atoms with Gasteiger partial charge in [0, 0.05) is 25.8 Å². The van der Waals surface area contributed by atoms with Crippen LogP contribution < -0.4 is 10.5 Å². The van der Waals surface area contributed by atoms with E-state index in [-0.39, 0.29) is 0 Å². The van der Waals surface area contributed by atoms with Crippen molar-refractivity contribution in [2.75, 3.05) is 45.2 Å². The van der Waals surface area contributed by atoms with Gasteiger partial charge < -0.3 is 15.2 Å². The first-order chi connectivity index (χ1) is 7.86. The van der Waals surface area contributed by atoms with Gasteiger partial charge in [-0.1, -0.05) is 0 Å². The van der Waals surface area contributed by atoms with Gasteiger partial charge in [-0.2, -0.15) is 0 Å². The van der Waals surface area contributed by atoms with Crippen LogP contribution in [0, 0.1) is 0 Å². The standard InChI is InChI=1S/C11H17N3O2/c12-10-2-1-3-13-11(10)16-9-6-14-4-7-15-8-5-14/h1-3H,4-9,12H2. The summed E-state index contributed by atoms with van der Waals surface area (Å²) in [7, 11) is 0. The van der Waals surface area contributed by atoms with Crippen LogP contribution in [0.4, 0.5) is 5.69 Å². The second-order valence-corrected chi connectivity index (χ2v) is 3.70. The van der Waals surface area contributed by atoms with Crippen molar-refractivity contribution in [3.05, 3.63) is 18.3 Å². The van der Waals surface area contributed by atoms with E-state index in [0.717, 1.165) is 32.8 Å². The van der Waals surface area contributed by atoms with Crippen molar-refractivity contribution in [2.45, 2.75) is 0 Å². The van der Waals surface area contributed by atoms with E-state index in [2.05, 4.69) is 9.88 Å². The molecule has 0 bridgehead atoms. The minimum atomic E-state index is 0.524. The van der Waals surface area contributed by atoms with E-state index in [1.807, 2.05) is 0 Å². The number of anilines is 1. The van der Waals surface area contributed by atoms with E-state index in [1.165, 1.54) is 0 Å². The molecule has 2 rings (SSSR count). The van der Waals surface area contributed by atoms with Gasteiger partial charge in [0.15, 0.2) is 0 Å². The number of nitrogens with two attached hydrogens (primary N) is 1. The normalized spacial score (nSPS) is 17.2. The Morgan fingerprint density at radius 1 is 1.44 bits per heavy atom. The second-order valence-electron chi connectivity index (χ2n) is 3.70. The van der Waals surface area contributed by atoms with E-state index in [1.54, 1.807) is 18.3 Å². The predicted molar refractivity (Wildman–Crippen MR) is 61.4 cm³/mol. The van der Waals surface area contributed by atoms with Gasteiger partial charge in [-0.3, -0.25) is 4.90 Å². The first kappa shape index (κ1) is 11.2. The maximum Gasteiger partial charge on any atom is 0.237 e. The molecule has 1 aliphatic rings. The van der Waals surface area contributed by atoms with Crippen molar-refractivity contribution in [3.63, 3.8) is 0 Å². The molecular weight excluding hydrogens is 206 g/mol. The van der Waals surface area contributed by atoms with E-state index in [9.17, 15) is 0 Å². The molecule has 0 amide bonds. The number of pyridine rings is 1. The van der Waals surface area contributed by atoms with Crippen LogP contribution in [0.3, 0.4) is 0 Å². The van der Waals surface area contributed by atoms with E-state index >= 15 is 0 Å². The van der Waals surface area contributed by atoms with E-state index in [4.69, 9.17) is 15.2 Å². The zero-order valence-corrected chi connectivity index (χ0v) is 9.26. The Morgan fingerprint density at radius 3 is 3.00 bits per heavy atom. The fourth-order valence-corrected chi connectivity index (χ4v) is 1.62. The number of hydrogen-bond acceptors (Lipinski definition) is 5. The molecule has 88 valence electrons. The molecule has 2 heterocycles. The molecule has 0 atom stereocenters. The second kappa shape index (κ2) is 5.67. The molecule has 0 aromatic carbocycles.